The van der Waals surface area contributed by atoms with Crippen molar-refractivity contribution in [2.24, 2.45) is 0 Å². The molecule has 0 aliphatic rings. The summed E-state index contributed by atoms with van der Waals surface area (Å²) in [5.74, 6) is 0. The molecule has 0 aliphatic heterocycles. The van der Waals surface area contributed by atoms with Gasteiger partial charge in [0.25, 0.3) is 0 Å². The van der Waals surface area contributed by atoms with Crippen LogP contribution in [0.2, 0.25) is 5.02 Å². The van der Waals surface area contributed by atoms with Gasteiger partial charge in [0.05, 0.1) is 9.95 Å². The SMILES string of the molecule is Nc1c([N+](=O)[O-])c(C(F)(F)F)cc(Cl)c1C(F)(F)F. The first-order valence-corrected chi connectivity index (χ1v) is 4.66. The number of nitro groups is 1. The van der Waals surface area contributed by atoms with E-state index in [1.807, 2.05) is 0 Å². The monoisotopic (exact) mass is 308 g/mol. The highest BCUT2D eigenvalue weighted by Gasteiger charge is 2.46. The van der Waals surface area contributed by atoms with Gasteiger partial charge in [-0.25, -0.2) is 0 Å². The van der Waals surface area contributed by atoms with Crippen molar-refractivity contribution in [3.63, 3.8) is 0 Å². The molecule has 1 rings (SSSR count). The van der Waals surface area contributed by atoms with Gasteiger partial charge in [-0.2, -0.15) is 26.3 Å². The van der Waals surface area contributed by atoms with Gasteiger partial charge in [-0.1, -0.05) is 11.6 Å². The van der Waals surface area contributed by atoms with Gasteiger partial charge in [0.15, 0.2) is 0 Å². The van der Waals surface area contributed by atoms with Crippen LogP contribution in [0.15, 0.2) is 6.07 Å². The topological polar surface area (TPSA) is 69.2 Å². The van der Waals surface area contributed by atoms with Gasteiger partial charge in [0, 0.05) is 0 Å². The number of benzene rings is 1. The second-order valence-corrected chi connectivity index (χ2v) is 3.70. The second-order valence-electron chi connectivity index (χ2n) is 3.30. The number of nitrogens with two attached hydrogens (primary N) is 1. The summed E-state index contributed by atoms with van der Waals surface area (Å²) in [7, 11) is 0. The summed E-state index contributed by atoms with van der Waals surface area (Å²) in [5, 5.41) is 9.14. The second kappa shape index (κ2) is 4.44. The van der Waals surface area contributed by atoms with Crippen molar-refractivity contribution in [1.29, 1.82) is 0 Å². The van der Waals surface area contributed by atoms with Crippen LogP contribution < -0.4 is 5.73 Å². The summed E-state index contributed by atoms with van der Waals surface area (Å²) < 4.78 is 75.0. The molecular weight excluding hydrogens is 306 g/mol. The molecule has 106 valence electrons. The Bertz CT molecular complexity index is 540. The van der Waals surface area contributed by atoms with Crippen LogP contribution in [0.5, 0.6) is 0 Å². The van der Waals surface area contributed by atoms with E-state index in [0.29, 0.717) is 0 Å². The summed E-state index contributed by atoms with van der Waals surface area (Å²) in [6, 6.07) is -0.168. The van der Waals surface area contributed by atoms with Crippen molar-refractivity contribution in [2.45, 2.75) is 12.4 Å². The summed E-state index contributed by atoms with van der Waals surface area (Å²) in [6.07, 6.45) is -10.5. The Labute approximate surface area is 105 Å². The molecule has 1 aromatic rings. The molecule has 0 amide bonds. The zero-order valence-electron chi connectivity index (χ0n) is 8.56. The predicted molar refractivity (Wildman–Crippen MR) is 52.5 cm³/mol. The van der Waals surface area contributed by atoms with Crippen molar-refractivity contribution in [3.8, 4) is 0 Å². The van der Waals surface area contributed by atoms with Gasteiger partial charge in [-0.05, 0) is 6.07 Å². The van der Waals surface area contributed by atoms with E-state index >= 15 is 0 Å². The van der Waals surface area contributed by atoms with Gasteiger partial charge >= 0.3 is 18.0 Å². The zero-order chi connectivity index (χ0) is 15.2. The smallest absolute Gasteiger partial charge is 0.393 e. The first-order chi connectivity index (χ1) is 8.37. The van der Waals surface area contributed by atoms with Gasteiger partial charge < -0.3 is 5.73 Å². The summed E-state index contributed by atoms with van der Waals surface area (Å²) >= 11 is 5.08. The number of nitrogen functional groups attached to an aromatic ring is 1. The first kappa shape index (κ1) is 15.3. The average molecular weight is 309 g/mol. The molecule has 0 unspecified atom stereocenters. The van der Waals surface area contributed by atoms with Gasteiger partial charge in [0.1, 0.15) is 16.8 Å². The predicted octanol–water partition coefficient (Wildman–Crippen LogP) is 3.87. The van der Waals surface area contributed by atoms with Gasteiger partial charge in [-0.15, -0.1) is 0 Å². The Kier molecular flexibility index (Phi) is 3.59. The molecule has 0 fully saturated rings. The van der Waals surface area contributed by atoms with Crippen LogP contribution >= 0.6 is 11.6 Å². The molecule has 19 heavy (non-hydrogen) atoms. The highest BCUT2D eigenvalue weighted by Crippen LogP contribution is 2.48. The number of hydrogen-bond acceptors (Lipinski definition) is 3. The molecular formula is C8H3ClF6N2O2. The number of hydrogen-bond donors (Lipinski definition) is 1. The largest absolute Gasteiger partial charge is 0.423 e. The highest BCUT2D eigenvalue weighted by atomic mass is 35.5. The lowest BCUT2D eigenvalue weighted by atomic mass is 10.1. The molecule has 0 aliphatic carbocycles. The van der Waals surface area contributed by atoms with E-state index in [1.54, 1.807) is 0 Å². The average Bonchev–Trinajstić information content (AvgIpc) is 2.11. The van der Waals surface area contributed by atoms with Crippen LogP contribution in [-0.2, 0) is 12.4 Å². The lowest BCUT2D eigenvalue weighted by Gasteiger charge is -2.15. The molecule has 2 N–H and O–H groups in total. The number of nitrogens with zero attached hydrogens (tertiary/aromatic N) is 1. The molecule has 0 saturated heterocycles. The van der Waals surface area contributed by atoms with Crippen molar-refractivity contribution in [1.82, 2.24) is 0 Å². The molecule has 1 aromatic carbocycles. The van der Waals surface area contributed by atoms with E-state index in [-0.39, 0.29) is 6.07 Å². The van der Waals surface area contributed by atoms with E-state index in [9.17, 15) is 36.5 Å². The summed E-state index contributed by atoms with van der Waals surface area (Å²) in [5.41, 5.74) is -2.52. The molecule has 4 nitrogen and oxygen atoms in total. The third-order valence-corrected chi connectivity index (χ3v) is 2.36. The molecule has 0 heterocycles. The molecule has 0 aromatic heterocycles. The Morgan fingerprint density at radius 1 is 1.16 bits per heavy atom. The Hall–Kier alpha value is -1.71. The molecule has 0 atom stereocenters. The van der Waals surface area contributed by atoms with Crippen molar-refractivity contribution >= 4 is 23.0 Å². The lowest BCUT2D eigenvalue weighted by molar-refractivity contribution is -0.387. The van der Waals surface area contributed by atoms with Crippen LogP contribution in [0, 0.1) is 10.1 Å². The van der Waals surface area contributed by atoms with Crippen molar-refractivity contribution in [3.05, 3.63) is 32.3 Å². The fourth-order valence-corrected chi connectivity index (χ4v) is 1.68. The Balaban J connectivity index is 3.81. The maximum absolute atomic E-state index is 12.5. The minimum Gasteiger partial charge on any atom is -0.393 e. The van der Waals surface area contributed by atoms with E-state index in [2.05, 4.69) is 0 Å². The lowest BCUT2D eigenvalue weighted by Crippen LogP contribution is -2.16. The third-order valence-electron chi connectivity index (χ3n) is 2.06. The molecule has 0 radical (unpaired) electrons. The van der Waals surface area contributed by atoms with Gasteiger partial charge in [0.2, 0.25) is 0 Å². The fourth-order valence-electron chi connectivity index (χ4n) is 1.36. The maximum atomic E-state index is 12.5. The number of halogens is 7. The minimum absolute atomic E-state index is 0.168. The van der Waals surface area contributed by atoms with Gasteiger partial charge in [-0.3, -0.25) is 10.1 Å². The molecule has 0 saturated carbocycles. The van der Waals surface area contributed by atoms with Crippen LogP contribution in [0.3, 0.4) is 0 Å². The summed E-state index contributed by atoms with van der Waals surface area (Å²) in [6.45, 7) is 0. The van der Waals surface area contributed by atoms with Crippen molar-refractivity contribution in [2.75, 3.05) is 5.73 Å². The third kappa shape index (κ3) is 2.83. The van der Waals surface area contributed by atoms with E-state index < -0.39 is 44.8 Å². The van der Waals surface area contributed by atoms with Crippen LogP contribution in [0.25, 0.3) is 0 Å². The fraction of sp³-hybridized carbons (Fsp3) is 0.250. The van der Waals surface area contributed by atoms with Crippen LogP contribution in [-0.4, -0.2) is 4.92 Å². The Morgan fingerprint density at radius 3 is 1.95 bits per heavy atom. The number of anilines is 1. The van der Waals surface area contributed by atoms with Crippen LogP contribution in [0.4, 0.5) is 37.7 Å². The zero-order valence-corrected chi connectivity index (χ0v) is 9.32. The minimum atomic E-state index is -5.26. The molecule has 0 bridgehead atoms. The first-order valence-electron chi connectivity index (χ1n) is 4.28. The van der Waals surface area contributed by atoms with E-state index in [1.165, 1.54) is 0 Å². The quantitative estimate of drug-likeness (QED) is 0.370. The Morgan fingerprint density at radius 2 is 1.63 bits per heavy atom. The number of rotatable bonds is 1. The van der Waals surface area contributed by atoms with Crippen LogP contribution in [0.1, 0.15) is 11.1 Å². The highest BCUT2D eigenvalue weighted by molar-refractivity contribution is 6.32. The number of nitro benzene ring substituents is 1. The molecule has 0 spiro atoms. The standard InChI is InChI=1S/C8H3ClF6N2O2/c9-3-1-2(7(10,11)12)6(17(18)19)5(16)4(3)8(13,14)15/h1H,16H2. The van der Waals surface area contributed by atoms with E-state index in [4.69, 9.17) is 17.3 Å². The maximum Gasteiger partial charge on any atom is 0.423 e. The molecule has 11 heteroatoms. The number of alkyl halides is 6. The van der Waals surface area contributed by atoms with Crippen molar-refractivity contribution < 1.29 is 31.3 Å². The van der Waals surface area contributed by atoms with E-state index in [0.717, 1.165) is 0 Å². The summed E-state index contributed by atoms with van der Waals surface area (Å²) in [4.78, 5) is 8.86. The normalized spacial score (nSPS) is 12.6.